The lowest BCUT2D eigenvalue weighted by Crippen LogP contribution is -2.23. The van der Waals surface area contributed by atoms with Crippen molar-refractivity contribution in [2.45, 2.75) is 6.10 Å². The quantitative estimate of drug-likeness (QED) is 0.556. The van der Waals surface area contributed by atoms with Gasteiger partial charge in [-0.2, -0.15) is 0 Å². The second-order valence-corrected chi connectivity index (χ2v) is 5.82. The molecule has 0 unspecified atom stereocenters. The van der Waals surface area contributed by atoms with Crippen molar-refractivity contribution >= 4 is 28.2 Å². The van der Waals surface area contributed by atoms with Crippen molar-refractivity contribution < 1.29 is 19.7 Å². The zero-order chi connectivity index (χ0) is 18.0. The van der Waals surface area contributed by atoms with Crippen LogP contribution in [0.1, 0.15) is 0 Å². The van der Waals surface area contributed by atoms with Gasteiger partial charge in [0.05, 0.1) is 17.7 Å². The minimum atomic E-state index is -0.936. The second-order valence-electron chi connectivity index (χ2n) is 5.42. The van der Waals surface area contributed by atoms with Crippen molar-refractivity contribution in [2.24, 2.45) is 0 Å². The van der Waals surface area contributed by atoms with Crippen molar-refractivity contribution in [3.05, 3.63) is 47.2 Å². The highest BCUT2D eigenvalue weighted by Gasteiger charge is 2.18. The topological polar surface area (TPSA) is 98.5 Å². The van der Waals surface area contributed by atoms with Gasteiger partial charge in [0.1, 0.15) is 5.69 Å². The van der Waals surface area contributed by atoms with Crippen molar-refractivity contribution in [1.29, 1.82) is 0 Å². The molecule has 1 aromatic heterocycles. The first-order valence-corrected chi connectivity index (χ1v) is 7.86. The van der Waals surface area contributed by atoms with E-state index in [1.807, 2.05) is 0 Å². The molecule has 0 saturated heterocycles. The summed E-state index contributed by atoms with van der Waals surface area (Å²) in [7, 11) is 0. The lowest BCUT2D eigenvalue weighted by Gasteiger charge is -2.13. The molecule has 4 N–H and O–H groups in total. The number of aromatic hydroxyl groups is 1. The molecular weight excluding hydrogens is 349 g/mol. The predicted octanol–water partition coefficient (Wildman–Crippen LogP) is 2.56. The molecule has 0 bridgehead atoms. The van der Waals surface area contributed by atoms with Crippen LogP contribution in [0.5, 0.6) is 5.75 Å². The highest BCUT2D eigenvalue weighted by Crippen LogP contribution is 2.37. The van der Waals surface area contributed by atoms with E-state index < -0.39 is 17.7 Å². The maximum atomic E-state index is 13.9. The fourth-order valence-electron chi connectivity index (χ4n) is 2.44. The molecule has 0 aliphatic carbocycles. The number of fused-ring (bicyclic) bond motifs is 1. The van der Waals surface area contributed by atoms with Gasteiger partial charge in [-0.25, -0.2) is 4.39 Å². The number of nitrogens with zero attached hydrogens (tertiary/aromatic N) is 2. The summed E-state index contributed by atoms with van der Waals surface area (Å²) in [5, 5.41) is 40.6. The van der Waals surface area contributed by atoms with Gasteiger partial charge in [0.25, 0.3) is 0 Å². The third-order valence-electron chi connectivity index (χ3n) is 3.73. The van der Waals surface area contributed by atoms with E-state index in [0.717, 1.165) is 0 Å². The molecule has 0 spiro atoms. The van der Waals surface area contributed by atoms with Gasteiger partial charge in [0, 0.05) is 22.9 Å². The van der Waals surface area contributed by atoms with Crippen molar-refractivity contribution in [1.82, 2.24) is 10.2 Å². The lowest BCUT2D eigenvalue weighted by molar-refractivity contribution is 0.105. The van der Waals surface area contributed by atoms with Crippen molar-refractivity contribution in [3.8, 4) is 17.0 Å². The monoisotopic (exact) mass is 363 g/mol. The summed E-state index contributed by atoms with van der Waals surface area (Å²) in [5.41, 5.74) is 0.476. The maximum absolute atomic E-state index is 13.9. The van der Waals surface area contributed by atoms with Crippen molar-refractivity contribution in [3.63, 3.8) is 0 Å². The van der Waals surface area contributed by atoms with E-state index in [-0.39, 0.29) is 23.7 Å². The van der Waals surface area contributed by atoms with Crippen LogP contribution in [-0.2, 0) is 0 Å². The summed E-state index contributed by atoms with van der Waals surface area (Å²) in [6.45, 7) is -0.288. The predicted molar refractivity (Wildman–Crippen MR) is 93.2 cm³/mol. The summed E-state index contributed by atoms with van der Waals surface area (Å²) in [6.07, 6.45) is -0.936. The molecule has 0 aliphatic rings. The number of benzene rings is 2. The maximum Gasteiger partial charge on any atom is 0.184 e. The Bertz CT molecular complexity index is 923. The van der Waals surface area contributed by atoms with E-state index in [0.29, 0.717) is 22.3 Å². The molecule has 0 fully saturated rings. The molecule has 0 amide bonds. The highest BCUT2D eigenvalue weighted by atomic mass is 35.5. The number of nitrogens with one attached hydrogen (secondary N) is 1. The molecule has 3 aromatic rings. The molecule has 25 heavy (non-hydrogen) atoms. The molecule has 3 rings (SSSR count). The van der Waals surface area contributed by atoms with Gasteiger partial charge in [-0.05, 0) is 12.1 Å². The van der Waals surface area contributed by atoms with Crippen LogP contribution in [0.2, 0.25) is 5.02 Å². The number of anilines is 1. The Labute approximate surface area is 147 Å². The van der Waals surface area contributed by atoms with Crippen LogP contribution < -0.4 is 5.32 Å². The van der Waals surface area contributed by atoms with Crippen LogP contribution in [0.15, 0.2) is 36.4 Å². The number of hydrogen-bond donors (Lipinski definition) is 4. The van der Waals surface area contributed by atoms with Crippen LogP contribution in [-0.4, -0.2) is 44.8 Å². The van der Waals surface area contributed by atoms with Crippen LogP contribution in [0.25, 0.3) is 22.0 Å². The zero-order valence-electron chi connectivity index (χ0n) is 12.9. The standard InChI is InChI=1S/C17H15ClFN3O3/c18-13-6-5-12(16(25)14(13)19)15-10-3-1-2-4-11(10)17(22-21-15)20-7-9(24)8-23/h1-6,9,23-25H,7-8H2,(H,20,22)/t9-/m0/s1. The average molecular weight is 364 g/mol. The number of halogens is 2. The minimum Gasteiger partial charge on any atom is -0.504 e. The Kier molecular flexibility index (Phi) is 4.98. The first-order chi connectivity index (χ1) is 12.0. The molecule has 2 aromatic carbocycles. The normalized spacial score (nSPS) is 12.3. The fourth-order valence-corrected chi connectivity index (χ4v) is 2.60. The van der Waals surface area contributed by atoms with Gasteiger partial charge in [0.15, 0.2) is 17.4 Å². The number of aliphatic hydroxyl groups is 2. The van der Waals surface area contributed by atoms with Crippen molar-refractivity contribution in [2.75, 3.05) is 18.5 Å². The second kappa shape index (κ2) is 7.18. The Hall–Kier alpha value is -2.48. The first-order valence-electron chi connectivity index (χ1n) is 7.48. The fraction of sp³-hybridized carbons (Fsp3) is 0.176. The van der Waals surface area contributed by atoms with E-state index in [2.05, 4.69) is 15.5 Å². The summed E-state index contributed by atoms with van der Waals surface area (Å²) in [4.78, 5) is 0. The number of phenolic OH excluding ortho intramolecular Hbond substituents is 1. The molecule has 8 heteroatoms. The van der Waals surface area contributed by atoms with Gasteiger partial charge in [-0.1, -0.05) is 35.9 Å². The van der Waals surface area contributed by atoms with Gasteiger partial charge in [0.2, 0.25) is 0 Å². The van der Waals surface area contributed by atoms with E-state index in [1.165, 1.54) is 12.1 Å². The van der Waals surface area contributed by atoms with Crippen LogP contribution >= 0.6 is 11.6 Å². The average Bonchev–Trinajstić information content (AvgIpc) is 2.64. The van der Waals surface area contributed by atoms with Gasteiger partial charge < -0.3 is 20.6 Å². The van der Waals surface area contributed by atoms with Gasteiger partial charge in [-0.15, -0.1) is 10.2 Å². The van der Waals surface area contributed by atoms with Gasteiger partial charge in [-0.3, -0.25) is 0 Å². The Morgan fingerprint density at radius 3 is 2.56 bits per heavy atom. The molecule has 1 atom stereocenters. The number of aromatic nitrogens is 2. The molecule has 1 heterocycles. The van der Waals surface area contributed by atoms with E-state index in [9.17, 15) is 14.6 Å². The Morgan fingerprint density at radius 1 is 1.12 bits per heavy atom. The lowest BCUT2D eigenvalue weighted by atomic mass is 10.0. The van der Waals surface area contributed by atoms with Crippen LogP contribution in [0.4, 0.5) is 10.2 Å². The third kappa shape index (κ3) is 3.34. The van der Waals surface area contributed by atoms with E-state index >= 15 is 0 Å². The van der Waals surface area contributed by atoms with Gasteiger partial charge >= 0.3 is 0 Å². The van der Waals surface area contributed by atoms with E-state index in [4.69, 9.17) is 16.7 Å². The zero-order valence-corrected chi connectivity index (χ0v) is 13.7. The largest absolute Gasteiger partial charge is 0.504 e. The molecule has 0 radical (unpaired) electrons. The van der Waals surface area contributed by atoms with Crippen LogP contribution in [0, 0.1) is 5.82 Å². The molecular formula is C17H15ClFN3O3. The first kappa shape index (κ1) is 17.3. The molecule has 130 valence electrons. The summed E-state index contributed by atoms with van der Waals surface area (Å²) in [5.74, 6) is -1.11. The number of phenols is 1. The minimum absolute atomic E-state index is 0.0926. The third-order valence-corrected chi connectivity index (χ3v) is 4.02. The molecule has 0 aliphatic heterocycles. The summed E-state index contributed by atoms with van der Waals surface area (Å²) >= 11 is 5.68. The molecule has 0 saturated carbocycles. The Balaban J connectivity index is 2.11. The van der Waals surface area contributed by atoms with E-state index in [1.54, 1.807) is 24.3 Å². The summed E-state index contributed by atoms with van der Waals surface area (Å²) < 4.78 is 13.9. The Morgan fingerprint density at radius 2 is 1.84 bits per heavy atom. The van der Waals surface area contributed by atoms with Crippen LogP contribution in [0.3, 0.4) is 0 Å². The number of rotatable bonds is 5. The SMILES string of the molecule is OC[C@@H](O)CNc1nnc(-c2ccc(Cl)c(F)c2O)c2ccccc12. The molecule has 6 nitrogen and oxygen atoms in total. The number of aliphatic hydroxyl groups excluding tert-OH is 2. The summed E-state index contributed by atoms with van der Waals surface area (Å²) in [6, 6.07) is 9.93. The number of hydrogen-bond acceptors (Lipinski definition) is 6. The highest BCUT2D eigenvalue weighted by molar-refractivity contribution is 6.31. The smallest absolute Gasteiger partial charge is 0.184 e.